The van der Waals surface area contributed by atoms with Crippen LogP contribution in [0.25, 0.3) is 10.9 Å². The number of sulfonamides is 1. The van der Waals surface area contributed by atoms with Gasteiger partial charge < -0.3 is 5.32 Å². The number of carbonyl (C=O) groups excluding carboxylic acids is 1. The predicted molar refractivity (Wildman–Crippen MR) is 103 cm³/mol. The number of hydrogen-bond donors (Lipinski definition) is 1. The number of nitrogens with zero attached hydrogens (tertiary/aromatic N) is 2. The van der Waals surface area contributed by atoms with Gasteiger partial charge in [0.15, 0.2) is 0 Å². The standard InChI is InChI=1S/C19H25N3O3S/c1-3-26(24,25)22(2)12-6-11-20-19(23)16-13-18(14-9-10-14)21-17-8-5-4-7-15(16)17/h4-5,7-8,13-14H,3,6,9-12H2,1-2H3,(H,20,23). The minimum atomic E-state index is -3.18. The first-order valence-electron chi connectivity index (χ1n) is 9.04. The van der Waals surface area contributed by atoms with Gasteiger partial charge in [0.25, 0.3) is 5.91 Å². The molecule has 7 heteroatoms. The van der Waals surface area contributed by atoms with Crippen LogP contribution in [-0.2, 0) is 10.0 Å². The van der Waals surface area contributed by atoms with Crippen LogP contribution in [0.3, 0.4) is 0 Å². The van der Waals surface area contributed by atoms with Gasteiger partial charge in [0, 0.05) is 37.1 Å². The lowest BCUT2D eigenvalue weighted by atomic mass is 10.1. The fourth-order valence-corrected chi connectivity index (χ4v) is 3.78. The van der Waals surface area contributed by atoms with Crippen LogP contribution in [0.4, 0.5) is 0 Å². The highest BCUT2D eigenvalue weighted by Crippen LogP contribution is 2.40. The number of hydrogen-bond acceptors (Lipinski definition) is 4. The van der Waals surface area contributed by atoms with Crippen molar-refractivity contribution in [2.24, 2.45) is 0 Å². The molecule has 1 heterocycles. The first-order valence-corrected chi connectivity index (χ1v) is 10.6. The molecule has 1 N–H and O–H groups in total. The third kappa shape index (κ3) is 4.22. The molecule has 0 aliphatic heterocycles. The molecular formula is C19H25N3O3S. The number of fused-ring (bicyclic) bond motifs is 1. The van der Waals surface area contributed by atoms with E-state index in [1.54, 1.807) is 14.0 Å². The molecule has 3 rings (SSSR count). The second kappa shape index (κ2) is 7.72. The number of benzene rings is 1. The third-order valence-electron chi connectivity index (χ3n) is 4.75. The summed E-state index contributed by atoms with van der Waals surface area (Å²) in [5.74, 6) is 0.425. The largest absolute Gasteiger partial charge is 0.352 e. The predicted octanol–water partition coefficient (Wildman–Crippen LogP) is 2.51. The Morgan fingerprint density at radius 2 is 2.04 bits per heavy atom. The summed E-state index contributed by atoms with van der Waals surface area (Å²) in [6.45, 7) is 2.44. The third-order valence-corrected chi connectivity index (χ3v) is 6.61. The molecular weight excluding hydrogens is 350 g/mol. The van der Waals surface area contributed by atoms with Gasteiger partial charge in [0.1, 0.15) is 0 Å². The minimum absolute atomic E-state index is 0.0861. The molecule has 0 saturated heterocycles. The molecule has 1 fully saturated rings. The molecule has 1 aromatic carbocycles. The summed E-state index contributed by atoms with van der Waals surface area (Å²) in [5, 5.41) is 3.76. The summed E-state index contributed by atoms with van der Waals surface area (Å²) in [4.78, 5) is 17.4. The monoisotopic (exact) mass is 375 g/mol. The van der Waals surface area contributed by atoms with Gasteiger partial charge in [-0.1, -0.05) is 18.2 Å². The van der Waals surface area contributed by atoms with Crippen molar-refractivity contribution in [3.05, 3.63) is 41.6 Å². The van der Waals surface area contributed by atoms with E-state index in [1.165, 1.54) is 4.31 Å². The number of nitrogens with one attached hydrogen (secondary N) is 1. The van der Waals surface area contributed by atoms with E-state index in [0.717, 1.165) is 29.4 Å². The first kappa shape index (κ1) is 18.8. The van der Waals surface area contributed by atoms with Gasteiger partial charge in [-0.3, -0.25) is 9.78 Å². The Morgan fingerprint density at radius 3 is 2.73 bits per heavy atom. The average molecular weight is 375 g/mol. The van der Waals surface area contributed by atoms with Crippen LogP contribution in [0.15, 0.2) is 30.3 Å². The summed E-state index contributed by atoms with van der Waals surface area (Å²) in [5.41, 5.74) is 2.48. The van der Waals surface area contributed by atoms with Crippen LogP contribution >= 0.6 is 0 Å². The second-order valence-corrected chi connectivity index (χ2v) is 9.08. The highest BCUT2D eigenvalue weighted by Gasteiger charge is 2.26. The summed E-state index contributed by atoms with van der Waals surface area (Å²) < 4.78 is 24.8. The molecule has 1 aliphatic carbocycles. The zero-order valence-corrected chi connectivity index (χ0v) is 16.1. The smallest absolute Gasteiger partial charge is 0.252 e. The minimum Gasteiger partial charge on any atom is -0.352 e. The number of pyridine rings is 1. The Labute approximate surface area is 154 Å². The van der Waals surface area contributed by atoms with E-state index in [2.05, 4.69) is 10.3 Å². The lowest BCUT2D eigenvalue weighted by Crippen LogP contribution is -2.32. The van der Waals surface area contributed by atoms with Gasteiger partial charge in [-0.05, 0) is 38.3 Å². The second-order valence-electron chi connectivity index (χ2n) is 6.72. The fraction of sp³-hybridized carbons (Fsp3) is 0.474. The molecule has 0 bridgehead atoms. The zero-order valence-electron chi connectivity index (χ0n) is 15.2. The molecule has 1 saturated carbocycles. The number of aromatic nitrogens is 1. The molecule has 26 heavy (non-hydrogen) atoms. The van der Waals surface area contributed by atoms with Gasteiger partial charge in [-0.25, -0.2) is 12.7 Å². The summed E-state index contributed by atoms with van der Waals surface area (Å²) >= 11 is 0. The Bertz CT molecular complexity index is 907. The van der Waals surface area contributed by atoms with Gasteiger partial charge in [-0.15, -0.1) is 0 Å². The van der Waals surface area contributed by atoms with Crippen LogP contribution in [0, 0.1) is 0 Å². The van der Waals surface area contributed by atoms with Crippen molar-refractivity contribution in [3.63, 3.8) is 0 Å². The van der Waals surface area contributed by atoms with Crippen molar-refractivity contribution >= 4 is 26.8 Å². The van der Waals surface area contributed by atoms with Crippen molar-refractivity contribution < 1.29 is 13.2 Å². The number of rotatable bonds is 8. The van der Waals surface area contributed by atoms with E-state index >= 15 is 0 Å². The van der Waals surface area contributed by atoms with Crippen molar-refractivity contribution in [3.8, 4) is 0 Å². The van der Waals surface area contributed by atoms with Crippen LogP contribution in [0.5, 0.6) is 0 Å². The molecule has 1 amide bonds. The molecule has 6 nitrogen and oxygen atoms in total. The van der Waals surface area contributed by atoms with E-state index in [4.69, 9.17) is 0 Å². The van der Waals surface area contributed by atoms with Crippen LogP contribution in [0.1, 0.15) is 48.2 Å². The van der Waals surface area contributed by atoms with Crippen molar-refractivity contribution in [2.75, 3.05) is 25.9 Å². The van der Waals surface area contributed by atoms with Gasteiger partial charge in [0.05, 0.1) is 16.8 Å². The summed E-state index contributed by atoms with van der Waals surface area (Å²) in [7, 11) is -1.61. The normalized spacial score (nSPS) is 14.7. The van der Waals surface area contributed by atoms with Crippen LogP contribution in [-0.4, -0.2) is 49.5 Å². The van der Waals surface area contributed by atoms with Crippen molar-refractivity contribution in [2.45, 2.75) is 32.1 Å². The topological polar surface area (TPSA) is 79.4 Å². The van der Waals surface area contributed by atoms with E-state index in [1.807, 2.05) is 30.3 Å². The molecule has 1 aromatic heterocycles. The highest BCUT2D eigenvalue weighted by atomic mass is 32.2. The molecule has 140 valence electrons. The highest BCUT2D eigenvalue weighted by molar-refractivity contribution is 7.89. The zero-order chi connectivity index (χ0) is 18.7. The number of amides is 1. The molecule has 0 radical (unpaired) electrons. The lowest BCUT2D eigenvalue weighted by molar-refractivity contribution is 0.0954. The van der Waals surface area contributed by atoms with Crippen LogP contribution < -0.4 is 5.32 Å². The maximum atomic E-state index is 12.7. The number of carbonyl (C=O) groups is 1. The van der Waals surface area contributed by atoms with Crippen molar-refractivity contribution in [1.82, 2.24) is 14.6 Å². The maximum Gasteiger partial charge on any atom is 0.252 e. The molecule has 0 unspecified atom stereocenters. The molecule has 1 aliphatic rings. The summed E-state index contributed by atoms with van der Waals surface area (Å²) in [6.07, 6.45) is 2.83. The molecule has 0 spiro atoms. The Hall–Kier alpha value is -1.99. The van der Waals surface area contributed by atoms with E-state index in [0.29, 0.717) is 31.0 Å². The van der Waals surface area contributed by atoms with E-state index in [-0.39, 0.29) is 11.7 Å². The fourth-order valence-electron chi connectivity index (χ4n) is 2.93. The van der Waals surface area contributed by atoms with Gasteiger partial charge in [-0.2, -0.15) is 0 Å². The Kier molecular flexibility index (Phi) is 5.58. The van der Waals surface area contributed by atoms with Gasteiger partial charge >= 0.3 is 0 Å². The quantitative estimate of drug-likeness (QED) is 0.719. The van der Waals surface area contributed by atoms with E-state index < -0.39 is 10.0 Å². The van der Waals surface area contributed by atoms with Crippen molar-refractivity contribution in [1.29, 1.82) is 0 Å². The molecule has 2 aromatic rings. The average Bonchev–Trinajstić information content (AvgIpc) is 3.49. The van der Waals surface area contributed by atoms with E-state index in [9.17, 15) is 13.2 Å². The summed E-state index contributed by atoms with van der Waals surface area (Å²) in [6, 6.07) is 9.58. The number of para-hydroxylation sites is 1. The maximum absolute atomic E-state index is 12.7. The first-order chi connectivity index (χ1) is 12.4. The SMILES string of the molecule is CCS(=O)(=O)N(C)CCCNC(=O)c1cc(C2CC2)nc2ccccc12. The van der Waals surface area contributed by atoms with Crippen LogP contribution in [0.2, 0.25) is 0 Å². The molecule has 0 atom stereocenters. The Balaban J connectivity index is 1.66. The lowest BCUT2D eigenvalue weighted by Gasteiger charge is -2.16. The van der Waals surface area contributed by atoms with Gasteiger partial charge in [0.2, 0.25) is 10.0 Å². The Morgan fingerprint density at radius 1 is 1.31 bits per heavy atom.